The van der Waals surface area contributed by atoms with Crippen molar-refractivity contribution in [2.75, 3.05) is 6.54 Å². The normalized spacial score (nSPS) is 12.3. The lowest BCUT2D eigenvalue weighted by molar-refractivity contribution is -0.121. The van der Waals surface area contributed by atoms with Gasteiger partial charge in [0.05, 0.1) is 4.90 Å². The Morgan fingerprint density at radius 3 is 2.33 bits per heavy atom. The highest BCUT2D eigenvalue weighted by Gasteiger charge is 2.07. The number of benzene rings is 1. The molecule has 1 atom stereocenters. The quantitative estimate of drug-likeness (QED) is 0.674. The minimum Gasteiger partial charge on any atom is -0.356 e. The Balaban J connectivity index is 0.00000400. The van der Waals surface area contributed by atoms with Crippen LogP contribution in [0.4, 0.5) is 0 Å². The molecule has 6 nitrogen and oxygen atoms in total. The molecule has 1 amide bonds. The van der Waals surface area contributed by atoms with Gasteiger partial charge in [-0.2, -0.15) is 0 Å². The molecule has 1 aromatic carbocycles. The molecule has 0 heterocycles. The molecule has 0 saturated carbocycles. The molecular formula is C13H22ClN3O3S. The molecule has 21 heavy (non-hydrogen) atoms. The fraction of sp³-hybridized carbons (Fsp3) is 0.462. The highest BCUT2D eigenvalue weighted by Crippen LogP contribution is 2.08. The van der Waals surface area contributed by atoms with E-state index in [2.05, 4.69) is 5.32 Å². The van der Waals surface area contributed by atoms with Crippen LogP contribution in [0.2, 0.25) is 0 Å². The summed E-state index contributed by atoms with van der Waals surface area (Å²) in [5.41, 5.74) is 6.51. The molecule has 1 aromatic rings. The summed E-state index contributed by atoms with van der Waals surface area (Å²) in [6.45, 7) is 2.37. The average molecular weight is 336 g/mol. The number of nitrogens with one attached hydrogen (secondary N) is 1. The van der Waals surface area contributed by atoms with Crippen molar-refractivity contribution in [1.29, 1.82) is 0 Å². The molecule has 0 spiro atoms. The first-order valence-corrected chi connectivity index (χ1v) is 7.97. The van der Waals surface area contributed by atoms with Crippen LogP contribution in [0.1, 0.15) is 25.3 Å². The van der Waals surface area contributed by atoms with Gasteiger partial charge in [0.15, 0.2) is 0 Å². The molecule has 0 aliphatic heterocycles. The van der Waals surface area contributed by atoms with Crippen LogP contribution in [0, 0.1) is 0 Å². The molecule has 0 aliphatic carbocycles. The number of amides is 1. The summed E-state index contributed by atoms with van der Waals surface area (Å²) < 4.78 is 22.2. The number of nitrogens with two attached hydrogens (primary N) is 2. The third kappa shape index (κ3) is 8.01. The Kier molecular flexibility index (Phi) is 8.50. The molecule has 1 unspecified atom stereocenters. The van der Waals surface area contributed by atoms with Gasteiger partial charge in [0, 0.05) is 19.0 Å². The van der Waals surface area contributed by atoms with Crippen LogP contribution in [-0.4, -0.2) is 26.9 Å². The van der Waals surface area contributed by atoms with Gasteiger partial charge in [-0.1, -0.05) is 12.1 Å². The highest BCUT2D eigenvalue weighted by atomic mass is 35.5. The molecule has 0 radical (unpaired) electrons. The largest absolute Gasteiger partial charge is 0.356 e. The predicted octanol–water partition coefficient (Wildman–Crippen LogP) is 0.542. The summed E-state index contributed by atoms with van der Waals surface area (Å²) in [6.07, 6.45) is 1.71. The maximum absolute atomic E-state index is 11.5. The lowest BCUT2D eigenvalue weighted by Gasteiger charge is -2.07. The number of primary sulfonamides is 1. The Bertz CT molecular complexity index is 544. The monoisotopic (exact) mass is 335 g/mol. The minimum atomic E-state index is -3.65. The second kappa shape index (κ2) is 8.99. The van der Waals surface area contributed by atoms with Gasteiger partial charge in [-0.25, -0.2) is 13.6 Å². The van der Waals surface area contributed by atoms with Gasteiger partial charge in [-0.15, -0.1) is 12.4 Å². The Morgan fingerprint density at radius 1 is 1.29 bits per heavy atom. The van der Waals surface area contributed by atoms with Gasteiger partial charge < -0.3 is 11.1 Å². The van der Waals surface area contributed by atoms with E-state index in [-0.39, 0.29) is 29.3 Å². The molecule has 5 N–H and O–H groups in total. The molecule has 8 heteroatoms. The molecule has 0 bridgehead atoms. The van der Waals surface area contributed by atoms with Gasteiger partial charge in [-0.3, -0.25) is 4.79 Å². The average Bonchev–Trinajstić information content (AvgIpc) is 2.36. The minimum absolute atomic E-state index is 0. The summed E-state index contributed by atoms with van der Waals surface area (Å²) in [5, 5.41) is 7.80. The molecule has 0 aromatic heterocycles. The SMILES string of the molecule is CC(N)CCC(=O)NCCc1ccc(S(N)(=O)=O)cc1.Cl. The first-order chi connectivity index (χ1) is 9.29. The van der Waals surface area contributed by atoms with Crippen molar-refractivity contribution in [3.05, 3.63) is 29.8 Å². The Hall–Kier alpha value is -1.15. The van der Waals surface area contributed by atoms with Crippen molar-refractivity contribution in [2.45, 2.75) is 37.1 Å². The van der Waals surface area contributed by atoms with Crippen LogP contribution in [0.3, 0.4) is 0 Å². The first-order valence-electron chi connectivity index (χ1n) is 6.43. The maximum atomic E-state index is 11.5. The van der Waals surface area contributed by atoms with Crippen LogP contribution >= 0.6 is 12.4 Å². The van der Waals surface area contributed by atoms with Gasteiger partial charge >= 0.3 is 0 Å². The van der Waals surface area contributed by atoms with Crippen molar-refractivity contribution in [1.82, 2.24) is 5.32 Å². The highest BCUT2D eigenvalue weighted by molar-refractivity contribution is 7.89. The molecule has 1 rings (SSSR count). The number of hydrogen-bond acceptors (Lipinski definition) is 4. The predicted molar refractivity (Wildman–Crippen MR) is 84.7 cm³/mol. The number of sulfonamides is 1. The summed E-state index contributed by atoms with van der Waals surface area (Å²) in [7, 11) is -3.65. The zero-order valence-corrected chi connectivity index (χ0v) is 13.5. The van der Waals surface area contributed by atoms with E-state index in [9.17, 15) is 13.2 Å². The van der Waals surface area contributed by atoms with Crippen molar-refractivity contribution >= 4 is 28.3 Å². The van der Waals surface area contributed by atoms with E-state index in [0.29, 0.717) is 25.8 Å². The van der Waals surface area contributed by atoms with E-state index in [0.717, 1.165) is 5.56 Å². The summed E-state index contributed by atoms with van der Waals surface area (Å²) in [6, 6.07) is 6.32. The van der Waals surface area contributed by atoms with Crippen LogP contribution in [0.25, 0.3) is 0 Å². The smallest absolute Gasteiger partial charge is 0.238 e. The number of carbonyl (C=O) groups excluding carboxylic acids is 1. The summed E-state index contributed by atoms with van der Waals surface area (Å²) in [5.74, 6) is -0.0246. The first kappa shape index (κ1) is 19.9. The van der Waals surface area contributed by atoms with Crippen molar-refractivity contribution in [3.63, 3.8) is 0 Å². The zero-order valence-electron chi connectivity index (χ0n) is 11.9. The van der Waals surface area contributed by atoms with Crippen molar-refractivity contribution < 1.29 is 13.2 Å². The van der Waals surface area contributed by atoms with Crippen LogP contribution in [0.5, 0.6) is 0 Å². The Labute approximate surface area is 131 Å². The topological polar surface area (TPSA) is 115 Å². The van der Waals surface area contributed by atoms with Gasteiger partial charge in [-0.05, 0) is 37.5 Å². The van der Waals surface area contributed by atoms with E-state index >= 15 is 0 Å². The molecule has 0 saturated heterocycles. The lowest BCUT2D eigenvalue weighted by Crippen LogP contribution is -2.27. The van der Waals surface area contributed by atoms with Gasteiger partial charge in [0.25, 0.3) is 0 Å². The summed E-state index contributed by atoms with van der Waals surface area (Å²) >= 11 is 0. The van der Waals surface area contributed by atoms with E-state index < -0.39 is 10.0 Å². The molecule has 0 aliphatic rings. The Morgan fingerprint density at radius 2 is 1.86 bits per heavy atom. The second-order valence-electron chi connectivity index (χ2n) is 4.80. The summed E-state index contributed by atoms with van der Waals surface area (Å²) in [4.78, 5) is 11.5. The van der Waals surface area contributed by atoms with Crippen LogP contribution in [0.15, 0.2) is 29.2 Å². The fourth-order valence-electron chi connectivity index (χ4n) is 1.64. The second-order valence-corrected chi connectivity index (χ2v) is 6.37. The van der Waals surface area contributed by atoms with Crippen molar-refractivity contribution in [3.8, 4) is 0 Å². The number of carbonyl (C=O) groups is 1. The standard InChI is InChI=1S/C13H21N3O3S.ClH/c1-10(14)2-7-13(17)16-9-8-11-3-5-12(6-4-11)20(15,18)19;/h3-6,10H,2,7-9,14H2,1H3,(H,16,17)(H2,15,18,19);1H. The van der Waals surface area contributed by atoms with Crippen molar-refractivity contribution in [2.24, 2.45) is 10.9 Å². The van der Waals surface area contributed by atoms with Gasteiger partial charge in [0.1, 0.15) is 0 Å². The number of halogens is 1. The molecule has 120 valence electrons. The van der Waals surface area contributed by atoms with E-state index in [1.54, 1.807) is 12.1 Å². The third-order valence-electron chi connectivity index (χ3n) is 2.81. The van der Waals surface area contributed by atoms with Gasteiger partial charge in [0.2, 0.25) is 15.9 Å². The van der Waals surface area contributed by atoms with E-state index in [4.69, 9.17) is 10.9 Å². The van der Waals surface area contributed by atoms with E-state index in [1.807, 2.05) is 6.92 Å². The van der Waals surface area contributed by atoms with Crippen LogP contribution < -0.4 is 16.2 Å². The fourth-order valence-corrected chi connectivity index (χ4v) is 2.15. The van der Waals surface area contributed by atoms with Crippen LogP contribution in [-0.2, 0) is 21.2 Å². The third-order valence-corrected chi connectivity index (χ3v) is 3.74. The molecular weight excluding hydrogens is 314 g/mol. The number of rotatable bonds is 7. The number of hydrogen-bond donors (Lipinski definition) is 3. The zero-order chi connectivity index (χ0) is 15.2. The lowest BCUT2D eigenvalue weighted by atomic mass is 10.1. The molecule has 0 fully saturated rings. The van der Waals surface area contributed by atoms with E-state index in [1.165, 1.54) is 12.1 Å². The maximum Gasteiger partial charge on any atom is 0.238 e.